The van der Waals surface area contributed by atoms with Crippen molar-refractivity contribution in [2.75, 3.05) is 0 Å². The fourth-order valence-corrected chi connectivity index (χ4v) is 2.88. The number of benzene rings is 2. The van der Waals surface area contributed by atoms with E-state index in [2.05, 4.69) is 0 Å². The van der Waals surface area contributed by atoms with E-state index in [-0.39, 0.29) is 11.5 Å². The Kier molecular flexibility index (Phi) is 4.44. The fourth-order valence-electron chi connectivity index (χ4n) is 1.53. The van der Waals surface area contributed by atoms with Crippen molar-refractivity contribution in [1.82, 2.24) is 0 Å². The maximum Gasteiger partial charge on any atom is 0.238 e. The second-order valence-corrected chi connectivity index (χ2v) is 6.72. The van der Waals surface area contributed by atoms with E-state index in [0.29, 0.717) is 4.90 Å². The van der Waals surface area contributed by atoms with Gasteiger partial charge in [0.05, 0.1) is 11.5 Å². The first-order valence-corrected chi connectivity index (χ1v) is 7.96. The Balaban J connectivity index is 2.25. The van der Waals surface area contributed by atoms with Crippen molar-refractivity contribution in [3.63, 3.8) is 0 Å². The first kappa shape index (κ1) is 15.0. The van der Waals surface area contributed by atoms with Gasteiger partial charge in [-0.15, -0.1) is 0 Å². The third-order valence-electron chi connectivity index (χ3n) is 2.57. The van der Waals surface area contributed by atoms with Gasteiger partial charge in [0.1, 0.15) is 5.82 Å². The summed E-state index contributed by atoms with van der Waals surface area (Å²) in [6.45, 7) is -0.0532. The molecule has 0 saturated carbocycles. The Morgan fingerprint density at radius 3 is 2.30 bits per heavy atom. The van der Waals surface area contributed by atoms with Crippen LogP contribution in [-0.2, 0) is 16.6 Å². The summed E-state index contributed by atoms with van der Waals surface area (Å²) in [5, 5.41) is 13.9. The van der Waals surface area contributed by atoms with Gasteiger partial charge in [0.2, 0.25) is 10.0 Å². The molecule has 0 aliphatic heterocycles. The zero-order chi connectivity index (χ0) is 14.8. The molecule has 0 atom stereocenters. The highest BCUT2D eigenvalue weighted by atomic mass is 32.2. The van der Waals surface area contributed by atoms with Crippen molar-refractivity contribution < 1.29 is 17.9 Å². The summed E-state index contributed by atoms with van der Waals surface area (Å²) in [5.41, 5.74) is 0.763. The van der Waals surface area contributed by atoms with Gasteiger partial charge >= 0.3 is 0 Å². The minimum atomic E-state index is -3.90. The second kappa shape index (κ2) is 5.92. The Bertz CT molecular complexity index is 715. The lowest BCUT2D eigenvalue weighted by atomic mass is 10.2. The van der Waals surface area contributed by atoms with Gasteiger partial charge in [0, 0.05) is 9.79 Å². The van der Waals surface area contributed by atoms with Crippen LogP contribution in [-0.4, -0.2) is 13.5 Å². The van der Waals surface area contributed by atoms with Gasteiger partial charge in [0.15, 0.2) is 0 Å². The quantitative estimate of drug-likeness (QED) is 0.906. The van der Waals surface area contributed by atoms with Crippen LogP contribution >= 0.6 is 11.8 Å². The zero-order valence-electron chi connectivity index (χ0n) is 10.3. The summed E-state index contributed by atoms with van der Waals surface area (Å²) >= 11 is 1.16. The van der Waals surface area contributed by atoms with Crippen molar-refractivity contribution in [1.29, 1.82) is 0 Å². The predicted molar refractivity (Wildman–Crippen MR) is 74.3 cm³/mol. The number of rotatable bonds is 4. The number of nitrogens with two attached hydrogens (primary N) is 1. The molecule has 0 unspecified atom stereocenters. The molecule has 2 aromatic rings. The highest BCUT2D eigenvalue weighted by molar-refractivity contribution is 7.99. The number of sulfonamides is 1. The molecule has 4 nitrogen and oxygen atoms in total. The SMILES string of the molecule is NS(=O)(=O)c1ccc(Sc2ccc(CO)cc2)c(F)c1. The molecule has 0 fully saturated rings. The maximum absolute atomic E-state index is 13.8. The molecule has 20 heavy (non-hydrogen) atoms. The Labute approximate surface area is 120 Å². The second-order valence-electron chi connectivity index (χ2n) is 4.04. The first-order chi connectivity index (χ1) is 9.40. The van der Waals surface area contributed by atoms with Gasteiger partial charge in [-0.1, -0.05) is 23.9 Å². The summed E-state index contributed by atoms with van der Waals surface area (Å²) in [6.07, 6.45) is 0. The van der Waals surface area contributed by atoms with E-state index in [1.165, 1.54) is 12.1 Å². The lowest BCUT2D eigenvalue weighted by Crippen LogP contribution is -2.12. The molecule has 2 rings (SSSR count). The molecule has 0 heterocycles. The maximum atomic E-state index is 13.8. The molecule has 0 spiro atoms. The van der Waals surface area contributed by atoms with Crippen LogP contribution in [0.15, 0.2) is 57.2 Å². The number of hydrogen-bond acceptors (Lipinski definition) is 4. The van der Waals surface area contributed by atoms with E-state index < -0.39 is 15.8 Å². The highest BCUT2D eigenvalue weighted by Crippen LogP contribution is 2.30. The molecule has 2 aromatic carbocycles. The molecule has 0 bridgehead atoms. The van der Waals surface area contributed by atoms with Gasteiger partial charge in [-0.05, 0) is 35.9 Å². The Hall–Kier alpha value is -1.41. The summed E-state index contributed by atoms with van der Waals surface area (Å²) in [6, 6.07) is 10.5. The van der Waals surface area contributed by atoms with Gasteiger partial charge in [-0.25, -0.2) is 17.9 Å². The average Bonchev–Trinajstić information content (AvgIpc) is 2.41. The van der Waals surface area contributed by atoms with Gasteiger partial charge < -0.3 is 5.11 Å². The van der Waals surface area contributed by atoms with Crippen molar-refractivity contribution in [2.24, 2.45) is 5.14 Å². The number of hydrogen-bond donors (Lipinski definition) is 2. The highest BCUT2D eigenvalue weighted by Gasteiger charge is 2.12. The minimum absolute atomic E-state index is 0.0532. The molecular weight excluding hydrogens is 301 g/mol. The van der Waals surface area contributed by atoms with E-state index in [1.807, 2.05) is 0 Å². The van der Waals surface area contributed by atoms with E-state index in [4.69, 9.17) is 10.2 Å². The molecule has 0 amide bonds. The standard InChI is InChI=1S/C13H12FNO3S2/c14-12-7-11(20(15,17)18)5-6-13(12)19-10-3-1-9(8-16)2-4-10/h1-7,16H,8H2,(H2,15,17,18). The number of halogens is 1. The first-order valence-electron chi connectivity index (χ1n) is 5.60. The third-order valence-corrected chi connectivity index (χ3v) is 4.54. The van der Waals surface area contributed by atoms with Gasteiger partial charge in [-0.2, -0.15) is 0 Å². The molecule has 7 heteroatoms. The van der Waals surface area contributed by atoms with Gasteiger partial charge in [0.25, 0.3) is 0 Å². The smallest absolute Gasteiger partial charge is 0.238 e. The lowest BCUT2D eigenvalue weighted by molar-refractivity contribution is 0.282. The summed E-state index contributed by atoms with van der Waals surface area (Å²) in [5.74, 6) is -0.646. The number of aliphatic hydroxyl groups excluding tert-OH is 1. The lowest BCUT2D eigenvalue weighted by Gasteiger charge is -2.05. The van der Waals surface area contributed by atoms with E-state index >= 15 is 0 Å². The molecule has 0 aliphatic carbocycles. The van der Waals surface area contributed by atoms with Crippen LogP contribution in [0.25, 0.3) is 0 Å². The molecule has 0 aromatic heterocycles. The topological polar surface area (TPSA) is 80.4 Å². The third kappa shape index (κ3) is 3.57. The predicted octanol–water partition coefficient (Wildman–Crippen LogP) is 2.12. The van der Waals surface area contributed by atoms with Crippen LogP contribution in [0.5, 0.6) is 0 Å². The van der Waals surface area contributed by atoms with E-state index in [0.717, 1.165) is 28.3 Å². The monoisotopic (exact) mass is 313 g/mol. The normalized spacial score (nSPS) is 11.6. The summed E-state index contributed by atoms with van der Waals surface area (Å²) in [4.78, 5) is 0.827. The Morgan fingerprint density at radius 2 is 1.80 bits per heavy atom. The minimum Gasteiger partial charge on any atom is -0.392 e. The van der Waals surface area contributed by atoms with Crippen molar-refractivity contribution >= 4 is 21.8 Å². The largest absolute Gasteiger partial charge is 0.392 e. The van der Waals surface area contributed by atoms with Crippen LogP contribution in [0, 0.1) is 5.82 Å². The molecule has 0 aliphatic rings. The number of primary sulfonamides is 1. The van der Waals surface area contributed by atoms with Crippen LogP contribution in [0.3, 0.4) is 0 Å². The zero-order valence-corrected chi connectivity index (χ0v) is 11.9. The van der Waals surface area contributed by atoms with Crippen molar-refractivity contribution in [2.45, 2.75) is 21.3 Å². The molecular formula is C13H12FNO3S2. The molecule has 3 N–H and O–H groups in total. The van der Waals surface area contributed by atoms with Crippen molar-refractivity contribution in [3.05, 3.63) is 53.8 Å². The van der Waals surface area contributed by atoms with E-state index in [1.54, 1.807) is 24.3 Å². The molecule has 0 saturated heterocycles. The van der Waals surface area contributed by atoms with Crippen LogP contribution in [0.1, 0.15) is 5.56 Å². The summed E-state index contributed by atoms with van der Waals surface area (Å²) < 4.78 is 36.0. The Morgan fingerprint density at radius 1 is 1.15 bits per heavy atom. The van der Waals surface area contributed by atoms with E-state index in [9.17, 15) is 12.8 Å². The van der Waals surface area contributed by atoms with Gasteiger partial charge in [-0.3, -0.25) is 0 Å². The summed E-state index contributed by atoms with van der Waals surface area (Å²) in [7, 11) is -3.90. The number of aliphatic hydroxyl groups is 1. The fraction of sp³-hybridized carbons (Fsp3) is 0.0769. The van der Waals surface area contributed by atoms with Crippen molar-refractivity contribution in [3.8, 4) is 0 Å². The molecule has 0 radical (unpaired) electrons. The molecule has 106 valence electrons. The average molecular weight is 313 g/mol. The van der Waals surface area contributed by atoms with Crippen LogP contribution < -0.4 is 5.14 Å². The van der Waals surface area contributed by atoms with Crippen LogP contribution in [0.4, 0.5) is 4.39 Å². The van der Waals surface area contributed by atoms with Crippen LogP contribution in [0.2, 0.25) is 0 Å².